The molecular weight excluding hydrogens is 222 g/mol. The fourth-order valence-electron chi connectivity index (χ4n) is 3.89. The van der Waals surface area contributed by atoms with Gasteiger partial charge in [0.05, 0.1) is 0 Å². The van der Waals surface area contributed by atoms with E-state index in [0.29, 0.717) is 0 Å². The maximum absolute atomic E-state index is 6.55. The third kappa shape index (κ3) is 3.69. The Kier molecular flexibility index (Phi) is 5.05. The monoisotopic (exact) mass is 253 g/mol. The molecule has 1 aliphatic heterocycles. The predicted molar refractivity (Wildman–Crippen MR) is 77.8 cm³/mol. The van der Waals surface area contributed by atoms with Crippen LogP contribution in [0.25, 0.3) is 0 Å². The van der Waals surface area contributed by atoms with Crippen LogP contribution < -0.4 is 5.73 Å². The predicted octanol–water partition coefficient (Wildman–Crippen LogP) is 2.06. The molecular formula is C15H31N3. The summed E-state index contributed by atoms with van der Waals surface area (Å²) < 4.78 is 0. The molecule has 18 heavy (non-hydrogen) atoms. The van der Waals surface area contributed by atoms with Crippen molar-refractivity contribution in [3.63, 3.8) is 0 Å². The maximum Gasteiger partial charge on any atom is 0.0283 e. The molecule has 0 aromatic rings. The molecule has 0 bridgehead atoms. The molecule has 1 saturated heterocycles. The molecule has 3 nitrogen and oxygen atoms in total. The average Bonchev–Trinajstić information content (AvgIpc) is 2.76. The summed E-state index contributed by atoms with van der Waals surface area (Å²) >= 11 is 0. The van der Waals surface area contributed by atoms with Crippen LogP contribution in [0.4, 0.5) is 0 Å². The van der Waals surface area contributed by atoms with Crippen LogP contribution in [0.1, 0.15) is 51.9 Å². The summed E-state index contributed by atoms with van der Waals surface area (Å²) in [5.74, 6) is 0. The zero-order valence-electron chi connectivity index (χ0n) is 12.3. The lowest BCUT2D eigenvalue weighted by Gasteiger charge is -2.38. The third-order valence-corrected chi connectivity index (χ3v) is 4.86. The van der Waals surface area contributed by atoms with E-state index in [-0.39, 0.29) is 5.54 Å². The fraction of sp³-hybridized carbons (Fsp3) is 1.00. The number of rotatable bonds is 5. The van der Waals surface area contributed by atoms with Crippen molar-refractivity contribution >= 4 is 0 Å². The summed E-state index contributed by atoms with van der Waals surface area (Å²) in [5.41, 5.74) is 6.65. The summed E-state index contributed by atoms with van der Waals surface area (Å²) in [6.45, 7) is 7.06. The lowest BCUT2D eigenvalue weighted by atomic mass is 9.82. The van der Waals surface area contributed by atoms with E-state index in [2.05, 4.69) is 23.8 Å². The minimum atomic E-state index is 0.0999. The molecule has 2 fully saturated rings. The van der Waals surface area contributed by atoms with Crippen LogP contribution >= 0.6 is 0 Å². The van der Waals surface area contributed by atoms with Crippen molar-refractivity contribution in [2.75, 3.05) is 33.2 Å². The molecule has 3 heteroatoms. The van der Waals surface area contributed by atoms with Crippen LogP contribution in [0.5, 0.6) is 0 Å². The highest BCUT2D eigenvalue weighted by molar-refractivity contribution is 4.91. The molecule has 1 saturated carbocycles. The Hall–Kier alpha value is -0.120. The summed E-state index contributed by atoms with van der Waals surface area (Å²) in [6, 6.07) is 0.771. The molecule has 2 N–H and O–H groups in total. The van der Waals surface area contributed by atoms with Crippen molar-refractivity contribution in [2.45, 2.75) is 63.5 Å². The first kappa shape index (κ1) is 14.3. The standard InChI is InChI=1S/C15H31N3/c1-3-18-11-7-8-14(18)12-17(2)13-15(16)9-5-4-6-10-15/h14H,3-13,16H2,1-2H3. The van der Waals surface area contributed by atoms with E-state index in [9.17, 15) is 0 Å². The van der Waals surface area contributed by atoms with Crippen LogP contribution in [-0.2, 0) is 0 Å². The first-order valence-corrected chi connectivity index (χ1v) is 7.84. The molecule has 1 atom stereocenters. The van der Waals surface area contributed by atoms with Crippen molar-refractivity contribution in [3.05, 3.63) is 0 Å². The van der Waals surface area contributed by atoms with Crippen LogP contribution in [0.2, 0.25) is 0 Å². The van der Waals surface area contributed by atoms with Gasteiger partial charge in [-0.2, -0.15) is 0 Å². The Morgan fingerprint density at radius 1 is 1.22 bits per heavy atom. The summed E-state index contributed by atoms with van der Waals surface area (Å²) in [6.07, 6.45) is 9.23. The summed E-state index contributed by atoms with van der Waals surface area (Å²) in [7, 11) is 2.26. The van der Waals surface area contributed by atoms with Crippen molar-refractivity contribution in [1.82, 2.24) is 9.80 Å². The molecule has 2 aliphatic rings. The van der Waals surface area contributed by atoms with Crippen molar-refractivity contribution in [1.29, 1.82) is 0 Å². The van der Waals surface area contributed by atoms with Crippen LogP contribution in [0, 0.1) is 0 Å². The van der Waals surface area contributed by atoms with E-state index in [4.69, 9.17) is 5.73 Å². The summed E-state index contributed by atoms with van der Waals surface area (Å²) in [5, 5.41) is 0. The van der Waals surface area contributed by atoms with Gasteiger partial charge in [-0.05, 0) is 45.8 Å². The Morgan fingerprint density at radius 3 is 2.61 bits per heavy atom. The topological polar surface area (TPSA) is 32.5 Å². The van der Waals surface area contributed by atoms with Gasteiger partial charge in [-0.15, -0.1) is 0 Å². The molecule has 0 amide bonds. The minimum absolute atomic E-state index is 0.0999. The molecule has 106 valence electrons. The van der Waals surface area contributed by atoms with E-state index >= 15 is 0 Å². The molecule has 0 radical (unpaired) electrons. The largest absolute Gasteiger partial charge is 0.324 e. The number of likely N-dealkylation sites (N-methyl/N-ethyl adjacent to an activating group) is 2. The second-order valence-corrected chi connectivity index (χ2v) is 6.54. The quantitative estimate of drug-likeness (QED) is 0.814. The molecule has 0 spiro atoms. The minimum Gasteiger partial charge on any atom is -0.324 e. The highest BCUT2D eigenvalue weighted by atomic mass is 15.2. The van der Waals surface area contributed by atoms with Crippen molar-refractivity contribution < 1.29 is 0 Å². The first-order valence-electron chi connectivity index (χ1n) is 7.84. The van der Waals surface area contributed by atoms with E-state index in [1.54, 1.807) is 0 Å². The lowest BCUT2D eigenvalue weighted by molar-refractivity contribution is 0.154. The van der Waals surface area contributed by atoms with Gasteiger partial charge in [-0.1, -0.05) is 26.2 Å². The van der Waals surface area contributed by atoms with Crippen LogP contribution in [-0.4, -0.2) is 54.6 Å². The van der Waals surface area contributed by atoms with Crippen molar-refractivity contribution in [2.24, 2.45) is 5.73 Å². The van der Waals surface area contributed by atoms with Crippen molar-refractivity contribution in [3.8, 4) is 0 Å². The van der Waals surface area contributed by atoms with Crippen LogP contribution in [0.3, 0.4) is 0 Å². The SMILES string of the molecule is CCN1CCCC1CN(C)CC1(N)CCCCC1. The molecule has 1 unspecified atom stereocenters. The molecule has 1 aliphatic carbocycles. The number of nitrogens with two attached hydrogens (primary N) is 1. The Labute approximate surface area is 113 Å². The second kappa shape index (κ2) is 6.36. The van der Waals surface area contributed by atoms with Gasteiger partial charge in [0.2, 0.25) is 0 Å². The van der Waals surface area contributed by atoms with Gasteiger partial charge in [0.25, 0.3) is 0 Å². The number of nitrogens with zero attached hydrogens (tertiary/aromatic N) is 2. The van der Waals surface area contributed by atoms with E-state index in [1.807, 2.05) is 0 Å². The van der Waals surface area contributed by atoms with Gasteiger partial charge < -0.3 is 10.6 Å². The normalized spacial score (nSPS) is 29.0. The third-order valence-electron chi connectivity index (χ3n) is 4.86. The maximum atomic E-state index is 6.55. The second-order valence-electron chi connectivity index (χ2n) is 6.54. The number of likely N-dealkylation sites (tertiary alicyclic amines) is 1. The average molecular weight is 253 g/mol. The van der Waals surface area contributed by atoms with Gasteiger partial charge in [0.1, 0.15) is 0 Å². The first-order chi connectivity index (χ1) is 8.63. The van der Waals surface area contributed by atoms with E-state index in [0.717, 1.165) is 12.6 Å². The van der Waals surface area contributed by atoms with Gasteiger partial charge in [0.15, 0.2) is 0 Å². The van der Waals surface area contributed by atoms with Gasteiger partial charge in [-0.3, -0.25) is 4.90 Å². The van der Waals surface area contributed by atoms with Gasteiger partial charge >= 0.3 is 0 Å². The van der Waals surface area contributed by atoms with E-state index < -0.39 is 0 Å². The smallest absolute Gasteiger partial charge is 0.0283 e. The highest BCUT2D eigenvalue weighted by Gasteiger charge is 2.30. The Balaban J connectivity index is 1.78. The number of hydrogen-bond acceptors (Lipinski definition) is 3. The van der Waals surface area contributed by atoms with E-state index in [1.165, 1.54) is 64.6 Å². The molecule has 1 heterocycles. The zero-order chi connectivity index (χ0) is 13.0. The summed E-state index contributed by atoms with van der Waals surface area (Å²) in [4.78, 5) is 5.12. The zero-order valence-corrected chi connectivity index (χ0v) is 12.3. The van der Waals surface area contributed by atoms with Crippen LogP contribution in [0.15, 0.2) is 0 Å². The lowest BCUT2D eigenvalue weighted by Crippen LogP contribution is -2.52. The molecule has 2 rings (SSSR count). The van der Waals surface area contributed by atoms with Gasteiger partial charge in [0, 0.05) is 24.7 Å². The number of hydrogen-bond donors (Lipinski definition) is 1. The fourth-order valence-corrected chi connectivity index (χ4v) is 3.89. The Morgan fingerprint density at radius 2 is 1.94 bits per heavy atom. The Bertz CT molecular complexity index is 248. The molecule has 0 aromatic heterocycles. The van der Waals surface area contributed by atoms with Gasteiger partial charge in [-0.25, -0.2) is 0 Å². The highest BCUT2D eigenvalue weighted by Crippen LogP contribution is 2.27. The molecule has 0 aromatic carbocycles.